The van der Waals surface area contributed by atoms with Crippen LogP contribution in [-0.2, 0) is 0 Å². The first kappa shape index (κ1) is 7.69. The summed E-state index contributed by atoms with van der Waals surface area (Å²) in [6.45, 7) is 1.69. The smallest absolute Gasteiger partial charge is 0.106 e. The summed E-state index contributed by atoms with van der Waals surface area (Å²) in [5, 5.41) is 9.06. The number of pyridine rings is 1. The van der Waals surface area contributed by atoms with Crippen molar-refractivity contribution in [3.63, 3.8) is 0 Å². The van der Waals surface area contributed by atoms with Gasteiger partial charge in [0.25, 0.3) is 0 Å². The third kappa shape index (κ3) is 1.78. The number of aliphatic hydroxyl groups is 1. The molecule has 0 fully saturated rings. The van der Waals surface area contributed by atoms with Gasteiger partial charge in [-0.05, 0) is 35.0 Å². The van der Waals surface area contributed by atoms with Gasteiger partial charge in [0.05, 0.1) is 11.8 Å². The zero-order valence-electron chi connectivity index (χ0n) is 5.58. The molecule has 0 saturated heterocycles. The van der Waals surface area contributed by atoms with Gasteiger partial charge in [-0.25, -0.2) is 4.98 Å². The Balaban J connectivity index is 2.96. The summed E-state index contributed by atoms with van der Waals surface area (Å²) < 4.78 is 0.755. The molecule has 1 heterocycles. The van der Waals surface area contributed by atoms with E-state index in [-0.39, 0.29) is 0 Å². The monoisotopic (exact) mass is 201 g/mol. The lowest BCUT2D eigenvalue weighted by Gasteiger charge is -2.01. The summed E-state index contributed by atoms with van der Waals surface area (Å²) in [6.07, 6.45) is -0.488. The highest BCUT2D eigenvalue weighted by molar-refractivity contribution is 9.10. The molecule has 1 aromatic rings. The lowest BCUT2D eigenvalue weighted by molar-refractivity contribution is 0.194. The Hall–Kier alpha value is -0.410. The van der Waals surface area contributed by atoms with Gasteiger partial charge >= 0.3 is 0 Å². The van der Waals surface area contributed by atoms with Crippen molar-refractivity contribution in [2.45, 2.75) is 13.0 Å². The normalized spacial score (nSPS) is 13.1. The van der Waals surface area contributed by atoms with E-state index in [2.05, 4.69) is 20.9 Å². The number of hydrogen-bond acceptors (Lipinski definition) is 2. The number of hydrogen-bond donors (Lipinski definition) is 1. The summed E-state index contributed by atoms with van der Waals surface area (Å²) in [4.78, 5) is 4.04. The highest BCUT2D eigenvalue weighted by Crippen LogP contribution is 2.12. The topological polar surface area (TPSA) is 33.1 Å². The van der Waals surface area contributed by atoms with Gasteiger partial charge in [-0.15, -0.1) is 0 Å². The van der Waals surface area contributed by atoms with Crippen molar-refractivity contribution < 1.29 is 5.11 Å². The minimum absolute atomic E-state index is 0.488. The Labute approximate surface area is 68.0 Å². The minimum atomic E-state index is -0.488. The van der Waals surface area contributed by atoms with Gasteiger partial charge in [0.1, 0.15) is 4.60 Å². The molecule has 2 nitrogen and oxygen atoms in total. The van der Waals surface area contributed by atoms with Crippen LogP contribution in [0.3, 0.4) is 0 Å². The lowest BCUT2D eigenvalue weighted by atomic mass is 10.2. The second-order valence-corrected chi connectivity index (χ2v) is 2.87. The fraction of sp³-hybridized carbons (Fsp3) is 0.286. The zero-order valence-corrected chi connectivity index (χ0v) is 7.17. The van der Waals surface area contributed by atoms with Gasteiger partial charge < -0.3 is 5.11 Å². The average Bonchev–Trinajstić information content (AvgIpc) is 1.88. The van der Waals surface area contributed by atoms with E-state index in [4.69, 9.17) is 5.11 Å². The summed E-state index contributed by atoms with van der Waals surface area (Å²) in [5.74, 6) is 0. The predicted octanol–water partition coefficient (Wildman–Crippen LogP) is 1.90. The number of aromatic nitrogens is 1. The quantitative estimate of drug-likeness (QED) is 0.705. The molecule has 0 spiro atoms. The molecule has 0 amide bonds. The molecule has 0 aromatic carbocycles. The van der Waals surface area contributed by atoms with Crippen molar-refractivity contribution in [3.8, 4) is 0 Å². The van der Waals surface area contributed by atoms with Crippen LogP contribution < -0.4 is 0 Å². The third-order valence-corrected chi connectivity index (χ3v) is 1.61. The molecule has 10 heavy (non-hydrogen) atoms. The molecule has 1 rings (SSSR count). The van der Waals surface area contributed by atoms with Gasteiger partial charge in [-0.3, -0.25) is 0 Å². The van der Waals surface area contributed by atoms with Crippen LogP contribution in [0.5, 0.6) is 0 Å². The van der Waals surface area contributed by atoms with Gasteiger partial charge in [0.2, 0.25) is 0 Å². The minimum Gasteiger partial charge on any atom is -0.387 e. The van der Waals surface area contributed by atoms with Crippen LogP contribution in [0.15, 0.2) is 22.8 Å². The average molecular weight is 202 g/mol. The number of rotatable bonds is 1. The molecule has 0 radical (unpaired) electrons. The van der Waals surface area contributed by atoms with E-state index in [1.807, 2.05) is 12.1 Å². The van der Waals surface area contributed by atoms with Crippen LogP contribution in [0.1, 0.15) is 18.7 Å². The molecular weight excluding hydrogens is 194 g/mol. The molecule has 54 valence electrons. The lowest BCUT2D eigenvalue weighted by Crippen LogP contribution is -1.94. The van der Waals surface area contributed by atoms with E-state index in [9.17, 15) is 0 Å². The number of aliphatic hydroxyl groups excluding tert-OH is 1. The van der Waals surface area contributed by atoms with Crippen molar-refractivity contribution in [2.75, 3.05) is 0 Å². The standard InChI is InChI=1S/C7H8BrNO/c1-5(10)6-3-2-4-7(8)9-6/h2-5,10H,1H3/t5-/m1/s1. The SMILES string of the molecule is C[C@@H](O)c1cccc(Br)n1. The largest absolute Gasteiger partial charge is 0.387 e. The fourth-order valence-corrected chi connectivity index (χ4v) is 1.01. The maximum absolute atomic E-state index is 9.06. The molecule has 1 atom stereocenters. The number of nitrogens with zero attached hydrogens (tertiary/aromatic N) is 1. The van der Waals surface area contributed by atoms with Crippen LogP contribution in [0.2, 0.25) is 0 Å². The molecular formula is C7H8BrNO. The Kier molecular flexibility index (Phi) is 2.40. The van der Waals surface area contributed by atoms with Crippen molar-refractivity contribution in [2.24, 2.45) is 0 Å². The Morgan fingerprint density at radius 1 is 1.60 bits per heavy atom. The Morgan fingerprint density at radius 2 is 2.30 bits per heavy atom. The van der Waals surface area contributed by atoms with E-state index < -0.39 is 6.10 Å². The van der Waals surface area contributed by atoms with Gasteiger partial charge in [0.15, 0.2) is 0 Å². The second-order valence-electron chi connectivity index (χ2n) is 2.06. The molecule has 1 aromatic heterocycles. The summed E-state index contributed by atoms with van der Waals surface area (Å²) in [7, 11) is 0. The first-order valence-corrected chi connectivity index (χ1v) is 3.80. The summed E-state index contributed by atoms with van der Waals surface area (Å²) in [6, 6.07) is 5.46. The fourth-order valence-electron chi connectivity index (χ4n) is 0.657. The van der Waals surface area contributed by atoms with Crippen LogP contribution in [-0.4, -0.2) is 10.1 Å². The van der Waals surface area contributed by atoms with Gasteiger partial charge in [0, 0.05) is 0 Å². The molecule has 0 unspecified atom stereocenters. The molecule has 1 N–H and O–H groups in total. The molecule has 0 aliphatic rings. The highest BCUT2D eigenvalue weighted by Gasteiger charge is 2.00. The first-order valence-electron chi connectivity index (χ1n) is 3.00. The molecule has 0 aliphatic heterocycles. The Bertz CT molecular complexity index is 225. The first-order chi connectivity index (χ1) is 4.70. The molecule has 3 heteroatoms. The van der Waals surface area contributed by atoms with E-state index in [1.54, 1.807) is 13.0 Å². The van der Waals surface area contributed by atoms with Crippen molar-refractivity contribution in [1.29, 1.82) is 0 Å². The summed E-state index contributed by atoms with van der Waals surface area (Å²) >= 11 is 3.21. The Morgan fingerprint density at radius 3 is 2.70 bits per heavy atom. The van der Waals surface area contributed by atoms with Crippen molar-refractivity contribution in [3.05, 3.63) is 28.5 Å². The number of halogens is 1. The third-order valence-electron chi connectivity index (χ3n) is 1.16. The van der Waals surface area contributed by atoms with Crippen LogP contribution in [0.4, 0.5) is 0 Å². The van der Waals surface area contributed by atoms with Gasteiger partial charge in [-0.1, -0.05) is 6.07 Å². The molecule has 0 aliphatic carbocycles. The predicted molar refractivity (Wildman–Crippen MR) is 42.6 cm³/mol. The van der Waals surface area contributed by atoms with Crippen LogP contribution in [0, 0.1) is 0 Å². The highest BCUT2D eigenvalue weighted by atomic mass is 79.9. The van der Waals surface area contributed by atoms with Crippen molar-refractivity contribution >= 4 is 15.9 Å². The van der Waals surface area contributed by atoms with Gasteiger partial charge in [-0.2, -0.15) is 0 Å². The maximum atomic E-state index is 9.06. The second kappa shape index (κ2) is 3.12. The molecule has 0 saturated carbocycles. The maximum Gasteiger partial charge on any atom is 0.106 e. The zero-order chi connectivity index (χ0) is 7.56. The van der Waals surface area contributed by atoms with E-state index in [1.165, 1.54) is 0 Å². The van der Waals surface area contributed by atoms with E-state index in [0.29, 0.717) is 5.69 Å². The molecule has 0 bridgehead atoms. The van der Waals surface area contributed by atoms with Crippen LogP contribution in [0.25, 0.3) is 0 Å². The van der Waals surface area contributed by atoms with E-state index >= 15 is 0 Å². The van der Waals surface area contributed by atoms with E-state index in [0.717, 1.165) is 4.60 Å². The summed E-state index contributed by atoms with van der Waals surface area (Å²) in [5.41, 5.74) is 0.689. The van der Waals surface area contributed by atoms with Crippen LogP contribution >= 0.6 is 15.9 Å². The van der Waals surface area contributed by atoms with Crippen molar-refractivity contribution in [1.82, 2.24) is 4.98 Å².